The number of aromatic amines is 1. The Morgan fingerprint density at radius 1 is 1.11 bits per heavy atom. The number of hydrogen-bond acceptors (Lipinski definition) is 7. The third-order valence-electron chi connectivity index (χ3n) is 4.54. The lowest BCUT2D eigenvalue weighted by atomic mass is 10.1. The molecule has 0 amide bonds. The summed E-state index contributed by atoms with van der Waals surface area (Å²) in [4.78, 5) is 27.5. The highest BCUT2D eigenvalue weighted by Crippen LogP contribution is 2.34. The Labute approximate surface area is 206 Å². The third-order valence-corrected chi connectivity index (χ3v) is 7.09. The number of alkyl halides is 6. The highest BCUT2D eigenvalue weighted by molar-refractivity contribution is 7.91. The number of fused-ring (bicyclic) bond motifs is 1. The number of halogens is 6. The largest absolute Gasteiger partial charge is 0.477 e. The molecular formula is C19H13F6N5O5S2. The number of carboxylic acid groups (broad SMARTS) is 1. The predicted molar refractivity (Wildman–Crippen MR) is 116 cm³/mol. The molecule has 3 heterocycles. The number of nitrogens with two attached hydrogens (primary N) is 1. The molecule has 0 aliphatic carbocycles. The smallest absolute Gasteiger partial charge is 0.433 e. The number of nitrogens with one attached hydrogen (secondary N) is 1. The number of hydrogen-bond donors (Lipinski definition) is 3. The maximum atomic E-state index is 13.3. The van der Waals surface area contributed by atoms with Crippen LogP contribution in [0.1, 0.15) is 27.3 Å². The van der Waals surface area contributed by atoms with Gasteiger partial charge in [-0.3, -0.25) is 4.79 Å². The van der Waals surface area contributed by atoms with Crippen molar-refractivity contribution in [3.05, 3.63) is 68.7 Å². The summed E-state index contributed by atoms with van der Waals surface area (Å²) in [5, 5.41) is 17.2. The van der Waals surface area contributed by atoms with Gasteiger partial charge in [0.05, 0.1) is 17.5 Å². The van der Waals surface area contributed by atoms with E-state index in [4.69, 9.17) is 10.2 Å². The minimum atomic E-state index is -4.89. The number of carbonyl (C=O) groups is 1. The number of thiazole rings is 1. The Morgan fingerprint density at radius 3 is 2.11 bits per heavy atom. The number of aromatic carboxylic acids is 1. The van der Waals surface area contributed by atoms with E-state index < -0.39 is 55.7 Å². The van der Waals surface area contributed by atoms with E-state index in [-0.39, 0.29) is 15.5 Å². The summed E-state index contributed by atoms with van der Waals surface area (Å²) >= 11 is 0.597. The Kier molecular flexibility index (Phi) is 7.21. The van der Waals surface area contributed by atoms with Gasteiger partial charge < -0.3 is 10.1 Å². The van der Waals surface area contributed by atoms with Crippen LogP contribution in [0.15, 0.2) is 45.5 Å². The fourth-order valence-electron chi connectivity index (χ4n) is 2.96. The SMILES string of the molecule is Cc1[nH]c(=O)sc1S(N)(=O)=O.O=C(O)c1cnn2c(C(F)(F)F)cc(-c3ccc(C(F)(F)F)cc3)nc12. The summed E-state index contributed by atoms with van der Waals surface area (Å²) in [7, 11) is -3.73. The second kappa shape index (κ2) is 9.60. The Morgan fingerprint density at radius 2 is 1.70 bits per heavy atom. The van der Waals surface area contributed by atoms with Crippen molar-refractivity contribution >= 4 is 33.0 Å². The number of rotatable bonds is 3. The first-order chi connectivity index (χ1) is 16.9. The molecule has 0 unspecified atom stereocenters. The molecule has 37 heavy (non-hydrogen) atoms. The van der Waals surface area contributed by atoms with Crippen molar-refractivity contribution in [3.63, 3.8) is 0 Å². The lowest BCUT2D eigenvalue weighted by Gasteiger charge is -2.12. The molecule has 10 nitrogen and oxygen atoms in total. The molecule has 1 aromatic carbocycles. The van der Waals surface area contributed by atoms with Gasteiger partial charge in [-0.1, -0.05) is 23.5 Å². The second-order valence-electron chi connectivity index (χ2n) is 7.17. The molecule has 4 N–H and O–H groups in total. The van der Waals surface area contributed by atoms with Gasteiger partial charge in [0.25, 0.3) is 0 Å². The Balaban J connectivity index is 0.000000289. The minimum absolute atomic E-state index is 0.0384. The van der Waals surface area contributed by atoms with E-state index in [2.05, 4.69) is 15.1 Å². The molecule has 0 saturated carbocycles. The molecule has 4 aromatic rings. The summed E-state index contributed by atoms with van der Waals surface area (Å²) in [6, 6.07) is 3.90. The summed E-state index contributed by atoms with van der Waals surface area (Å²) < 4.78 is 99.2. The summed E-state index contributed by atoms with van der Waals surface area (Å²) in [6.45, 7) is 1.48. The molecule has 0 bridgehead atoms. The molecule has 0 aliphatic heterocycles. The molecule has 0 saturated heterocycles. The van der Waals surface area contributed by atoms with Crippen LogP contribution in [0, 0.1) is 6.92 Å². The fraction of sp³-hybridized carbons (Fsp3) is 0.158. The van der Waals surface area contributed by atoms with Crippen LogP contribution in [-0.2, 0) is 22.4 Å². The molecular weight excluding hydrogens is 556 g/mol. The van der Waals surface area contributed by atoms with Gasteiger partial charge in [0.15, 0.2) is 15.6 Å². The van der Waals surface area contributed by atoms with Crippen LogP contribution in [0.3, 0.4) is 0 Å². The molecule has 0 spiro atoms. The van der Waals surface area contributed by atoms with Crippen LogP contribution in [0.5, 0.6) is 0 Å². The molecule has 0 fully saturated rings. The van der Waals surface area contributed by atoms with Crippen LogP contribution in [-0.4, -0.2) is 39.1 Å². The molecule has 0 atom stereocenters. The molecule has 3 aromatic heterocycles. The van der Waals surface area contributed by atoms with Crippen molar-refractivity contribution in [2.75, 3.05) is 0 Å². The topological polar surface area (TPSA) is 161 Å². The molecule has 0 radical (unpaired) electrons. The summed E-state index contributed by atoms with van der Waals surface area (Å²) in [5.41, 5.74) is -3.49. The first kappa shape index (κ1) is 27.8. The Hall–Kier alpha value is -3.77. The number of aryl methyl sites for hydroxylation is 1. The van der Waals surface area contributed by atoms with Crippen LogP contribution >= 0.6 is 11.3 Å². The molecule has 0 aliphatic rings. The van der Waals surface area contributed by atoms with E-state index >= 15 is 0 Å². The van der Waals surface area contributed by atoms with Crippen molar-refractivity contribution in [2.45, 2.75) is 23.5 Å². The van der Waals surface area contributed by atoms with Gasteiger partial charge in [0.1, 0.15) is 5.56 Å². The van der Waals surface area contributed by atoms with E-state index in [1.807, 2.05) is 0 Å². The van der Waals surface area contributed by atoms with Gasteiger partial charge in [-0.15, -0.1) is 0 Å². The second-order valence-corrected chi connectivity index (χ2v) is 9.91. The number of aromatic nitrogens is 4. The monoisotopic (exact) mass is 569 g/mol. The van der Waals surface area contributed by atoms with Crippen molar-refractivity contribution in [1.82, 2.24) is 19.6 Å². The lowest BCUT2D eigenvalue weighted by molar-refractivity contribution is -0.142. The highest BCUT2D eigenvalue weighted by atomic mass is 32.2. The Bertz CT molecular complexity index is 1640. The number of carboxylic acids is 1. The van der Waals surface area contributed by atoms with Gasteiger partial charge in [0, 0.05) is 11.3 Å². The van der Waals surface area contributed by atoms with Gasteiger partial charge >= 0.3 is 23.2 Å². The maximum absolute atomic E-state index is 13.3. The van der Waals surface area contributed by atoms with Crippen molar-refractivity contribution < 1.29 is 44.7 Å². The zero-order valence-corrected chi connectivity index (χ0v) is 19.7. The molecule has 198 valence electrons. The van der Waals surface area contributed by atoms with E-state index in [9.17, 15) is 44.3 Å². The summed E-state index contributed by atoms with van der Waals surface area (Å²) in [5.74, 6) is -1.54. The van der Waals surface area contributed by atoms with Crippen molar-refractivity contribution in [3.8, 4) is 11.3 Å². The minimum Gasteiger partial charge on any atom is -0.477 e. The number of nitrogens with zero attached hydrogens (tertiary/aromatic N) is 3. The third kappa shape index (κ3) is 6.15. The van der Waals surface area contributed by atoms with Crippen molar-refractivity contribution in [2.24, 2.45) is 5.14 Å². The number of benzene rings is 1. The first-order valence-electron chi connectivity index (χ1n) is 9.49. The molecule has 4 rings (SSSR count). The standard InChI is InChI=1S/C15H7F6N3O2.C4H6N2O3S2/c16-14(17,18)8-3-1-7(2-4-8)10-5-11(15(19,20)21)24-12(23-10)9(6-22-24)13(25)26;1-2-3(11(5,8)9)10-4(7)6-2/h1-6H,(H,25,26);1H3,(H,6,7)(H2,5,8,9). The van der Waals surface area contributed by atoms with Crippen LogP contribution in [0.25, 0.3) is 16.9 Å². The molecule has 18 heteroatoms. The van der Waals surface area contributed by atoms with E-state index in [1.165, 1.54) is 6.92 Å². The number of H-pyrrole nitrogens is 1. The van der Waals surface area contributed by atoms with Gasteiger partial charge in [-0.25, -0.2) is 27.9 Å². The average Bonchev–Trinajstić information content (AvgIpc) is 3.34. The normalized spacial score (nSPS) is 12.3. The van der Waals surface area contributed by atoms with Crippen molar-refractivity contribution in [1.29, 1.82) is 0 Å². The first-order valence-corrected chi connectivity index (χ1v) is 11.8. The fourth-order valence-corrected chi connectivity index (χ4v) is 4.70. The lowest BCUT2D eigenvalue weighted by Crippen LogP contribution is -2.14. The van der Waals surface area contributed by atoms with Crippen LogP contribution in [0.4, 0.5) is 26.3 Å². The zero-order valence-electron chi connectivity index (χ0n) is 18.0. The van der Waals surface area contributed by atoms with Gasteiger partial charge in [-0.2, -0.15) is 31.4 Å². The van der Waals surface area contributed by atoms with E-state index in [1.54, 1.807) is 0 Å². The van der Waals surface area contributed by atoms with Crippen LogP contribution in [0.2, 0.25) is 0 Å². The maximum Gasteiger partial charge on any atom is 0.433 e. The zero-order chi connectivity index (χ0) is 27.9. The van der Waals surface area contributed by atoms with E-state index in [0.717, 1.165) is 18.3 Å². The van der Waals surface area contributed by atoms with Crippen LogP contribution < -0.4 is 10.0 Å². The summed E-state index contributed by atoms with van der Waals surface area (Å²) in [6.07, 6.45) is -8.77. The van der Waals surface area contributed by atoms with E-state index in [0.29, 0.717) is 39.7 Å². The number of primary sulfonamides is 1. The van der Waals surface area contributed by atoms with Gasteiger partial charge in [-0.05, 0) is 25.1 Å². The average molecular weight is 569 g/mol. The van der Waals surface area contributed by atoms with Gasteiger partial charge in [0.2, 0.25) is 10.0 Å². The number of sulfonamides is 1. The quantitative estimate of drug-likeness (QED) is 0.318. The predicted octanol–water partition coefficient (Wildman–Crippen LogP) is 3.52. The highest BCUT2D eigenvalue weighted by Gasteiger charge is 2.36.